The summed E-state index contributed by atoms with van der Waals surface area (Å²) >= 11 is 0. The second-order valence-electron chi connectivity index (χ2n) is 4.30. The number of nitrogens with one attached hydrogen (secondary N) is 1. The van der Waals surface area contributed by atoms with Gasteiger partial charge >= 0.3 is 5.97 Å². The Morgan fingerprint density at radius 1 is 1.31 bits per heavy atom. The third kappa shape index (κ3) is 5.09. The van der Waals surface area contributed by atoms with Gasteiger partial charge in [0.05, 0.1) is 6.10 Å². The fourth-order valence-electron chi connectivity index (χ4n) is 1.18. The Morgan fingerprint density at radius 2 is 1.81 bits per heavy atom. The normalized spacial score (nSPS) is 16.6. The van der Waals surface area contributed by atoms with Gasteiger partial charge in [0.1, 0.15) is 12.1 Å². The second-order valence-corrected chi connectivity index (χ2v) is 4.30. The summed E-state index contributed by atoms with van der Waals surface area (Å²) in [4.78, 5) is 22.3. The van der Waals surface area contributed by atoms with Crippen molar-refractivity contribution in [1.82, 2.24) is 5.32 Å². The van der Waals surface area contributed by atoms with E-state index in [2.05, 4.69) is 5.32 Å². The van der Waals surface area contributed by atoms with Crippen molar-refractivity contribution in [3.63, 3.8) is 0 Å². The molecule has 5 N–H and O–H groups in total. The first kappa shape index (κ1) is 14.9. The lowest BCUT2D eigenvalue weighted by atomic mass is 10.0. The molecule has 0 bridgehead atoms. The van der Waals surface area contributed by atoms with E-state index in [1.807, 2.05) is 13.8 Å². The van der Waals surface area contributed by atoms with Crippen LogP contribution in [0.25, 0.3) is 0 Å². The molecule has 0 heterocycles. The third-order valence-corrected chi connectivity index (χ3v) is 2.14. The van der Waals surface area contributed by atoms with Crippen molar-refractivity contribution in [1.29, 1.82) is 0 Å². The summed E-state index contributed by atoms with van der Waals surface area (Å²) < 4.78 is 0. The van der Waals surface area contributed by atoms with Gasteiger partial charge in [-0.15, -0.1) is 0 Å². The highest BCUT2D eigenvalue weighted by molar-refractivity contribution is 5.87. The van der Waals surface area contributed by atoms with Crippen LogP contribution in [0, 0.1) is 5.92 Å². The van der Waals surface area contributed by atoms with Crippen molar-refractivity contribution in [3.05, 3.63) is 0 Å². The number of carbonyl (C=O) groups excluding carboxylic acids is 1. The van der Waals surface area contributed by atoms with Crippen LogP contribution in [0.1, 0.15) is 27.2 Å². The molecule has 3 atom stereocenters. The lowest BCUT2D eigenvalue weighted by Gasteiger charge is -2.20. The minimum absolute atomic E-state index is 0.143. The summed E-state index contributed by atoms with van der Waals surface area (Å²) in [6, 6.07) is -2.06. The first-order valence-corrected chi connectivity index (χ1v) is 5.22. The number of carboxylic acid groups (broad SMARTS) is 1. The van der Waals surface area contributed by atoms with Crippen molar-refractivity contribution < 1.29 is 19.8 Å². The van der Waals surface area contributed by atoms with E-state index in [9.17, 15) is 9.59 Å². The van der Waals surface area contributed by atoms with Crippen LogP contribution in [-0.4, -0.2) is 40.3 Å². The number of nitrogens with two attached hydrogens (primary N) is 1. The monoisotopic (exact) mass is 232 g/mol. The van der Waals surface area contributed by atoms with Gasteiger partial charge in [0.2, 0.25) is 5.91 Å². The highest BCUT2D eigenvalue weighted by atomic mass is 16.4. The minimum Gasteiger partial charge on any atom is -0.480 e. The molecule has 0 spiro atoms. The predicted molar refractivity (Wildman–Crippen MR) is 58.7 cm³/mol. The molecule has 0 aliphatic rings. The molecular weight excluding hydrogens is 212 g/mol. The van der Waals surface area contributed by atoms with Gasteiger partial charge in [-0.25, -0.2) is 4.79 Å². The average Bonchev–Trinajstić information content (AvgIpc) is 2.14. The summed E-state index contributed by atoms with van der Waals surface area (Å²) in [5.41, 5.74) is 5.38. The zero-order chi connectivity index (χ0) is 12.9. The molecule has 1 amide bonds. The van der Waals surface area contributed by atoms with Crippen molar-refractivity contribution in [2.24, 2.45) is 11.7 Å². The largest absolute Gasteiger partial charge is 0.480 e. The quantitative estimate of drug-likeness (QED) is 0.484. The molecule has 0 aromatic rings. The van der Waals surface area contributed by atoms with Crippen LogP contribution in [0.15, 0.2) is 0 Å². The van der Waals surface area contributed by atoms with E-state index >= 15 is 0 Å². The van der Waals surface area contributed by atoms with E-state index < -0.39 is 30.1 Å². The molecule has 0 aliphatic carbocycles. The first-order chi connectivity index (χ1) is 7.25. The van der Waals surface area contributed by atoms with Gasteiger partial charge in [-0.3, -0.25) is 4.79 Å². The fourth-order valence-corrected chi connectivity index (χ4v) is 1.18. The van der Waals surface area contributed by atoms with Gasteiger partial charge in [-0.1, -0.05) is 13.8 Å². The molecule has 94 valence electrons. The smallest absolute Gasteiger partial charge is 0.326 e. The Kier molecular flexibility index (Phi) is 5.98. The Bertz CT molecular complexity index is 253. The molecule has 0 saturated heterocycles. The van der Waals surface area contributed by atoms with Crippen LogP contribution in [0.5, 0.6) is 0 Å². The number of carbonyl (C=O) groups is 2. The average molecular weight is 232 g/mol. The maximum absolute atomic E-state index is 11.4. The SMILES string of the molecule is CC(C)C[C@H](NC(=O)[C@H](N)[C@@H](C)O)C(=O)O. The summed E-state index contributed by atoms with van der Waals surface area (Å²) in [5, 5.41) is 20.3. The molecule has 6 heteroatoms. The molecule has 16 heavy (non-hydrogen) atoms. The number of carboxylic acids is 1. The standard InChI is InChI=1S/C10H20N2O4/c1-5(2)4-7(10(15)16)12-9(14)8(11)6(3)13/h5-8,13H,4,11H2,1-3H3,(H,12,14)(H,15,16)/t6-,7+,8-/m1/s1. The summed E-state index contributed by atoms with van der Waals surface area (Å²) in [7, 11) is 0. The van der Waals surface area contributed by atoms with Crippen LogP contribution >= 0.6 is 0 Å². The maximum Gasteiger partial charge on any atom is 0.326 e. The zero-order valence-electron chi connectivity index (χ0n) is 9.80. The first-order valence-electron chi connectivity index (χ1n) is 5.22. The van der Waals surface area contributed by atoms with Crippen LogP contribution in [0.4, 0.5) is 0 Å². The van der Waals surface area contributed by atoms with E-state index in [0.717, 1.165) is 0 Å². The molecule has 0 aromatic heterocycles. The molecule has 0 saturated carbocycles. The zero-order valence-corrected chi connectivity index (χ0v) is 9.80. The van der Waals surface area contributed by atoms with E-state index in [0.29, 0.717) is 6.42 Å². The van der Waals surface area contributed by atoms with Crippen LogP contribution in [0.2, 0.25) is 0 Å². The van der Waals surface area contributed by atoms with Gasteiger partial charge in [0.15, 0.2) is 0 Å². The van der Waals surface area contributed by atoms with E-state index in [4.69, 9.17) is 15.9 Å². The number of amides is 1. The van der Waals surface area contributed by atoms with Crippen molar-refractivity contribution in [2.45, 2.75) is 45.4 Å². The number of rotatable bonds is 6. The lowest BCUT2D eigenvalue weighted by Crippen LogP contribution is -2.52. The number of hydrogen-bond acceptors (Lipinski definition) is 4. The Labute approximate surface area is 94.8 Å². The Balaban J connectivity index is 4.40. The molecule has 0 aromatic carbocycles. The van der Waals surface area contributed by atoms with Crippen molar-refractivity contribution >= 4 is 11.9 Å². The van der Waals surface area contributed by atoms with Crippen LogP contribution in [-0.2, 0) is 9.59 Å². The number of aliphatic hydroxyl groups excluding tert-OH is 1. The predicted octanol–water partition coefficient (Wildman–Crippen LogP) is -0.690. The molecule has 0 radical (unpaired) electrons. The Morgan fingerprint density at radius 3 is 2.12 bits per heavy atom. The van der Waals surface area contributed by atoms with Crippen LogP contribution < -0.4 is 11.1 Å². The third-order valence-electron chi connectivity index (χ3n) is 2.14. The maximum atomic E-state index is 11.4. The number of aliphatic hydroxyl groups is 1. The highest BCUT2D eigenvalue weighted by Gasteiger charge is 2.25. The van der Waals surface area contributed by atoms with E-state index in [-0.39, 0.29) is 5.92 Å². The van der Waals surface area contributed by atoms with E-state index in [1.54, 1.807) is 0 Å². The fraction of sp³-hybridized carbons (Fsp3) is 0.800. The lowest BCUT2D eigenvalue weighted by molar-refractivity contribution is -0.142. The molecular formula is C10H20N2O4. The van der Waals surface area contributed by atoms with Crippen molar-refractivity contribution in [3.8, 4) is 0 Å². The molecule has 0 aliphatic heterocycles. The van der Waals surface area contributed by atoms with Crippen molar-refractivity contribution in [2.75, 3.05) is 0 Å². The number of hydrogen-bond donors (Lipinski definition) is 4. The summed E-state index contributed by atoms with van der Waals surface area (Å²) in [6.07, 6.45) is -0.679. The second kappa shape index (κ2) is 6.44. The summed E-state index contributed by atoms with van der Waals surface area (Å²) in [5.74, 6) is -1.60. The Hall–Kier alpha value is -1.14. The van der Waals surface area contributed by atoms with E-state index in [1.165, 1.54) is 6.92 Å². The minimum atomic E-state index is -1.10. The molecule has 0 rings (SSSR count). The molecule has 0 fully saturated rings. The van der Waals surface area contributed by atoms with Gasteiger partial charge in [0.25, 0.3) is 0 Å². The van der Waals surface area contributed by atoms with Gasteiger partial charge in [0, 0.05) is 0 Å². The highest BCUT2D eigenvalue weighted by Crippen LogP contribution is 2.05. The van der Waals surface area contributed by atoms with Gasteiger partial charge < -0.3 is 21.3 Å². The number of aliphatic carboxylic acids is 1. The molecule has 0 unspecified atom stereocenters. The van der Waals surface area contributed by atoms with Gasteiger partial charge in [-0.2, -0.15) is 0 Å². The van der Waals surface area contributed by atoms with Crippen LogP contribution in [0.3, 0.4) is 0 Å². The van der Waals surface area contributed by atoms with Gasteiger partial charge in [-0.05, 0) is 19.3 Å². The topological polar surface area (TPSA) is 113 Å². The summed E-state index contributed by atoms with van der Waals surface area (Å²) in [6.45, 7) is 5.09. The molecule has 6 nitrogen and oxygen atoms in total.